The number of aromatic nitrogens is 1. The second-order valence-corrected chi connectivity index (χ2v) is 6.61. The van der Waals surface area contributed by atoms with Crippen molar-refractivity contribution in [2.24, 2.45) is 5.18 Å². The molecule has 12 heteroatoms. The molecule has 0 aromatic carbocycles. The Labute approximate surface area is 131 Å². The van der Waals surface area contributed by atoms with Crippen molar-refractivity contribution in [1.82, 2.24) is 4.98 Å². The number of carbonyl (C=O) groups is 2. The average Bonchev–Trinajstić information content (AvgIpc) is 2.74. The number of carboxylic acid groups (broad SMARTS) is 1. The summed E-state index contributed by atoms with van der Waals surface area (Å²) >= 11 is 17.0. The molecule has 0 saturated heterocycles. The molecule has 0 aliphatic carbocycles. The highest BCUT2D eigenvalue weighted by atomic mass is 35.6. The first kappa shape index (κ1) is 16.9. The van der Waals surface area contributed by atoms with Gasteiger partial charge in [0.25, 0.3) is 0 Å². The number of nitrogens with zero attached hydrogens (tertiary/aromatic N) is 2. The minimum absolute atomic E-state index is 0.0178. The van der Waals surface area contributed by atoms with Crippen molar-refractivity contribution in [2.75, 3.05) is 11.9 Å². The molecule has 0 radical (unpaired) electrons. The Balaban J connectivity index is 2.62. The Hall–Kier alpha value is -1.16. The van der Waals surface area contributed by atoms with E-state index in [-0.39, 0.29) is 10.8 Å². The molecule has 0 aliphatic heterocycles. The molecule has 8 nitrogen and oxygen atoms in total. The number of aliphatic carboxylic acids is 1. The lowest BCUT2D eigenvalue weighted by atomic mass is 10.2. The van der Waals surface area contributed by atoms with E-state index in [1.165, 1.54) is 5.38 Å². The Bertz CT molecular complexity index is 518. The van der Waals surface area contributed by atoms with E-state index in [9.17, 15) is 14.5 Å². The first-order valence-electron chi connectivity index (χ1n) is 4.74. The van der Waals surface area contributed by atoms with Crippen LogP contribution in [0.5, 0.6) is 0 Å². The first-order chi connectivity index (χ1) is 9.23. The molecular weight excluding hydrogens is 357 g/mol. The van der Waals surface area contributed by atoms with E-state index < -0.39 is 28.5 Å². The lowest BCUT2D eigenvalue weighted by Crippen LogP contribution is -2.21. The van der Waals surface area contributed by atoms with E-state index in [0.717, 1.165) is 11.3 Å². The van der Waals surface area contributed by atoms with Crippen LogP contribution in [-0.4, -0.2) is 32.6 Å². The van der Waals surface area contributed by atoms with Crippen LogP contribution in [0.1, 0.15) is 11.7 Å². The number of carbonyl (C=O) groups excluding carboxylic acids is 1. The molecular formula is C8H6Cl3N3O5S. The third-order valence-electron chi connectivity index (χ3n) is 1.72. The monoisotopic (exact) mass is 361 g/mol. The summed E-state index contributed by atoms with van der Waals surface area (Å²) in [4.78, 5) is 36.1. The van der Waals surface area contributed by atoms with Gasteiger partial charge >= 0.3 is 12.1 Å². The van der Waals surface area contributed by atoms with Crippen LogP contribution in [0.25, 0.3) is 0 Å². The van der Waals surface area contributed by atoms with E-state index in [0.29, 0.717) is 0 Å². The maximum absolute atomic E-state index is 11.3. The zero-order valence-electron chi connectivity index (χ0n) is 9.38. The number of thiazole rings is 1. The van der Waals surface area contributed by atoms with Crippen molar-refractivity contribution in [3.63, 3.8) is 0 Å². The number of hydrogen-bond donors (Lipinski definition) is 2. The zero-order valence-corrected chi connectivity index (χ0v) is 12.5. The fourth-order valence-corrected chi connectivity index (χ4v) is 1.84. The molecule has 20 heavy (non-hydrogen) atoms. The Morgan fingerprint density at radius 2 is 2.20 bits per heavy atom. The number of amides is 1. The number of ether oxygens (including phenoxy) is 1. The molecule has 110 valence electrons. The summed E-state index contributed by atoms with van der Waals surface area (Å²) in [6, 6.07) is -1.64. The van der Waals surface area contributed by atoms with Gasteiger partial charge in [0, 0.05) is 5.38 Å². The number of rotatable bonds is 5. The van der Waals surface area contributed by atoms with Gasteiger partial charge in [-0.3, -0.25) is 5.32 Å². The van der Waals surface area contributed by atoms with Gasteiger partial charge in [-0.15, -0.1) is 16.2 Å². The lowest BCUT2D eigenvalue weighted by molar-refractivity contribution is -0.138. The van der Waals surface area contributed by atoms with Crippen LogP contribution in [0, 0.1) is 4.91 Å². The molecule has 1 aromatic rings. The largest absolute Gasteiger partial charge is 0.479 e. The second-order valence-electron chi connectivity index (χ2n) is 3.24. The van der Waals surface area contributed by atoms with E-state index in [1.54, 1.807) is 0 Å². The molecule has 0 fully saturated rings. The normalized spacial score (nSPS) is 12.6. The lowest BCUT2D eigenvalue weighted by Gasteiger charge is -2.10. The van der Waals surface area contributed by atoms with Gasteiger partial charge in [-0.2, -0.15) is 0 Å². The van der Waals surface area contributed by atoms with Crippen LogP contribution in [0.4, 0.5) is 9.93 Å². The molecule has 1 atom stereocenters. The summed E-state index contributed by atoms with van der Waals surface area (Å²) in [5.41, 5.74) is -0.103. The third kappa shape index (κ3) is 5.45. The fourth-order valence-electron chi connectivity index (χ4n) is 0.966. The molecule has 1 aromatic heterocycles. The van der Waals surface area contributed by atoms with E-state index in [2.05, 4.69) is 20.2 Å². The number of carboxylic acids is 1. The van der Waals surface area contributed by atoms with Crippen molar-refractivity contribution in [3.05, 3.63) is 16.0 Å². The fraction of sp³-hybridized carbons (Fsp3) is 0.375. The van der Waals surface area contributed by atoms with Crippen LogP contribution in [-0.2, 0) is 9.53 Å². The maximum Gasteiger partial charge on any atom is 0.413 e. The Morgan fingerprint density at radius 1 is 1.55 bits per heavy atom. The minimum Gasteiger partial charge on any atom is -0.479 e. The van der Waals surface area contributed by atoms with Gasteiger partial charge in [0.2, 0.25) is 9.83 Å². The minimum atomic E-state index is -1.75. The SMILES string of the molecule is O=NC(C(=O)O)c1csc(NC(=O)OCC(Cl)(Cl)Cl)n1. The molecule has 1 unspecified atom stereocenters. The van der Waals surface area contributed by atoms with Gasteiger partial charge in [-0.05, 0) is 5.18 Å². The van der Waals surface area contributed by atoms with Crippen molar-refractivity contribution < 1.29 is 19.4 Å². The molecule has 1 amide bonds. The topological polar surface area (TPSA) is 118 Å². The van der Waals surface area contributed by atoms with E-state index in [4.69, 9.17) is 39.9 Å². The third-order valence-corrected chi connectivity index (χ3v) is 2.82. The predicted octanol–water partition coefficient (Wildman–Crippen LogP) is 2.95. The van der Waals surface area contributed by atoms with Crippen molar-refractivity contribution in [1.29, 1.82) is 0 Å². The highest BCUT2D eigenvalue weighted by molar-refractivity contribution is 7.13. The van der Waals surface area contributed by atoms with Crippen LogP contribution in [0.2, 0.25) is 0 Å². The summed E-state index contributed by atoms with van der Waals surface area (Å²) in [6.07, 6.45) is -0.942. The van der Waals surface area contributed by atoms with Crippen molar-refractivity contribution in [2.45, 2.75) is 9.83 Å². The van der Waals surface area contributed by atoms with Gasteiger partial charge in [0.1, 0.15) is 6.61 Å². The van der Waals surface area contributed by atoms with Crippen molar-refractivity contribution in [3.8, 4) is 0 Å². The highest BCUT2D eigenvalue weighted by Crippen LogP contribution is 2.26. The number of nitroso groups, excluding NO2 is 1. The average molecular weight is 363 g/mol. The molecule has 0 saturated carbocycles. The van der Waals surface area contributed by atoms with Gasteiger partial charge in [0.05, 0.1) is 5.69 Å². The number of alkyl halides is 3. The summed E-state index contributed by atoms with van der Waals surface area (Å²) in [6.45, 7) is -0.477. The van der Waals surface area contributed by atoms with Crippen LogP contribution >= 0.6 is 46.1 Å². The molecule has 1 heterocycles. The summed E-state index contributed by atoms with van der Waals surface area (Å²) in [7, 11) is 0. The first-order valence-corrected chi connectivity index (χ1v) is 6.75. The molecule has 0 spiro atoms. The standard InChI is InChI=1S/C8H6Cl3N3O5S/c9-8(10,11)2-19-7(17)13-6-12-3(1-20-6)4(14-18)5(15)16/h1,4H,2H2,(H,15,16)(H,12,13,17). The van der Waals surface area contributed by atoms with Gasteiger partial charge in [0.15, 0.2) is 5.13 Å². The van der Waals surface area contributed by atoms with Gasteiger partial charge < -0.3 is 9.84 Å². The summed E-state index contributed by atoms with van der Waals surface area (Å²) in [5, 5.41) is 14.6. The number of halogens is 3. The van der Waals surface area contributed by atoms with Crippen LogP contribution in [0.15, 0.2) is 10.6 Å². The number of nitrogens with one attached hydrogen (secondary N) is 1. The molecule has 2 N–H and O–H groups in total. The predicted molar refractivity (Wildman–Crippen MR) is 73.5 cm³/mol. The molecule has 0 bridgehead atoms. The smallest absolute Gasteiger partial charge is 0.413 e. The summed E-state index contributed by atoms with van der Waals surface area (Å²) in [5.74, 6) is -1.45. The van der Waals surface area contributed by atoms with E-state index >= 15 is 0 Å². The maximum atomic E-state index is 11.3. The zero-order chi connectivity index (χ0) is 15.3. The van der Waals surface area contributed by atoms with E-state index in [1.807, 2.05) is 0 Å². The quantitative estimate of drug-likeness (QED) is 0.614. The summed E-state index contributed by atoms with van der Waals surface area (Å²) < 4.78 is 2.82. The number of anilines is 1. The van der Waals surface area contributed by atoms with Crippen molar-refractivity contribution >= 4 is 63.3 Å². The molecule has 1 rings (SSSR count). The molecule has 0 aliphatic rings. The van der Waals surface area contributed by atoms with Gasteiger partial charge in [-0.25, -0.2) is 14.6 Å². The van der Waals surface area contributed by atoms with Crippen LogP contribution in [0.3, 0.4) is 0 Å². The van der Waals surface area contributed by atoms with Gasteiger partial charge in [-0.1, -0.05) is 34.8 Å². The Morgan fingerprint density at radius 3 is 2.70 bits per heavy atom. The highest BCUT2D eigenvalue weighted by Gasteiger charge is 2.25. The Kier molecular flexibility index (Phi) is 5.93. The second kappa shape index (κ2) is 7.02. The number of hydrogen-bond acceptors (Lipinski definition) is 7. The van der Waals surface area contributed by atoms with Crippen LogP contribution < -0.4 is 5.32 Å².